The van der Waals surface area contributed by atoms with Gasteiger partial charge in [-0.2, -0.15) is 26.3 Å². The Bertz CT molecular complexity index is 2160. The number of allylic oxidation sites excluding steroid dienone is 1. The number of amides is 2. The fourth-order valence-corrected chi connectivity index (χ4v) is 6.19. The van der Waals surface area contributed by atoms with Gasteiger partial charge in [-0.25, -0.2) is 26.3 Å². The third kappa shape index (κ3) is 8.53. The van der Waals surface area contributed by atoms with E-state index in [1.165, 1.54) is 0 Å². The van der Waals surface area contributed by atoms with E-state index in [-0.39, 0.29) is 49.1 Å². The van der Waals surface area contributed by atoms with Crippen LogP contribution >= 0.6 is 0 Å². The fraction of sp³-hybridized carbons (Fsp3) is 0.375. The van der Waals surface area contributed by atoms with E-state index in [9.17, 15) is 62.3 Å². The largest absolute Gasteiger partial charge is 0.451 e. The minimum atomic E-state index is -4.85. The highest BCUT2D eigenvalue weighted by molar-refractivity contribution is 5.88. The molecule has 0 spiro atoms. The van der Waals surface area contributed by atoms with Crippen LogP contribution in [-0.4, -0.2) is 70.3 Å². The van der Waals surface area contributed by atoms with Gasteiger partial charge in [0, 0.05) is 69.0 Å². The molecule has 55 heavy (non-hydrogen) atoms. The zero-order chi connectivity index (χ0) is 40.0. The SMILES string of the molecule is O=C(/C=C(\Cc1cc(F)c(F)cc1F)N[C@@H](CC(=O)N1CCn2c(nnc2C(F)(F)F)C1)Cc1cc(F)c(F)cc1F)N1CCn2c(nnc2C(F)(F)F)C1. The molecule has 0 bridgehead atoms. The number of aromatic nitrogens is 6. The number of alkyl halides is 6. The number of nitrogens with zero attached hydrogens (tertiary/aromatic N) is 8. The van der Waals surface area contributed by atoms with Crippen molar-refractivity contribution in [3.05, 3.63) is 105 Å². The third-order valence-electron chi connectivity index (χ3n) is 8.81. The van der Waals surface area contributed by atoms with Gasteiger partial charge in [0.1, 0.15) is 11.6 Å². The molecule has 6 rings (SSSR count). The normalized spacial score (nSPS) is 15.5. The third-order valence-corrected chi connectivity index (χ3v) is 8.81. The molecular weight excluding hydrogens is 770 g/mol. The monoisotopic (exact) mass is 795 g/mol. The van der Waals surface area contributed by atoms with Crippen LogP contribution in [0.5, 0.6) is 0 Å². The Kier molecular flexibility index (Phi) is 10.6. The lowest BCUT2D eigenvalue weighted by atomic mass is 9.99. The average Bonchev–Trinajstić information content (AvgIpc) is 3.74. The van der Waals surface area contributed by atoms with E-state index in [4.69, 9.17) is 0 Å². The quantitative estimate of drug-likeness (QED) is 0.147. The van der Waals surface area contributed by atoms with Gasteiger partial charge in [-0.15, -0.1) is 20.4 Å². The summed E-state index contributed by atoms with van der Waals surface area (Å²) >= 11 is 0. The van der Waals surface area contributed by atoms with Gasteiger partial charge >= 0.3 is 12.4 Å². The van der Waals surface area contributed by atoms with Gasteiger partial charge in [0.05, 0.1) is 13.1 Å². The lowest BCUT2D eigenvalue weighted by Crippen LogP contribution is -2.43. The predicted molar refractivity (Wildman–Crippen MR) is 161 cm³/mol. The molecular formula is C32H25F12N9O2. The van der Waals surface area contributed by atoms with E-state index in [1.54, 1.807) is 0 Å². The maximum Gasteiger partial charge on any atom is 0.451 e. The maximum atomic E-state index is 14.9. The Morgan fingerprint density at radius 2 is 1.13 bits per heavy atom. The first-order valence-corrected chi connectivity index (χ1v) is 16.1. The van der Waals surface area contributed by atoms with Crippen LogP contribution in [0.25, 0.3) is 0 Å². The summed E-state index contributed by atoms with van der Waals surface area (Å²) in [6.45, 7) is -2.29. The molecule has 0 aliphatic carbocycles. The summed E-state index contributed by atoms with van der Waals surface area (Å²) in [4.78, 5) is 29.2. The molecule has 2 aliphatic rings. The van der Waals surface area contributed by atoms with E-state index in [0.29, 0.717) is 12.1 Å². The fourth-order valence-electron chi connectivity index (χ4n) is 6.19. The molecule has 0 saturated heterocycles. The maximum absolute atomic E-state index is 14.9. The van der Waals surface area contributed by atoms with Gasteiger partial charge in [-0.05, 0) is 29.7 Å². The molecule has 2 aromatic carbocycles. The average molecular weight is 796 g/mol. The zero-order valence-electron chi connectivity index (χ0n) is 27.8. The summed E-state index contributed by atoms with van der Waals surface area (Å²) in [5.41, 5.74) is -1.34. The molecule has 11 nitrogen and oxygen atoms in total. The van der Waals surface area contributed by atoms with Gasteiger partial charge in [0.2, 0.25) is 23.5 Å². The highest BCUT2D eigenvalue weighted by Gasteiger charge is 2.41. The summed E-state index contributed by atoms with van der Waals surface area (Å²) in [6.07, 6.45) is -10.9. The summed E-state index contributed by atoms with van der Waals surface area (Å²) < 4.78 is 167. The highest BCUT2D eigenvalue weighted by Crippen LogP contribution is 2.31. The Hall–Kier alpha value is -5.64. The van der Waals surface area contributed by atoms with Crippen LogP contribution in [0.2, 0.25) is 0 Å². The minimum absolute atomic E-state index is 0.219. The number of hydrogen-bond donors (Lipinski definition) is 1. The summed E-state index contributed by atoms with van der Waals surface area (Å²) in [5, 5.41) is 16.0. The molecule has 0 saturated carbocycles. The molecule has 4 aromatic rings. The Morgan fingerprint density at radius 3 is 1.67 bits per heavy atom. The van der Waals surface area contributed by atoms with Crippen LogP contribution < -0.4 is 5.32 Å². The number of halogens is 12. The molecule has 1 N–H and O–H groups in total. The first-order valence-electron chi connectivity index (χ1n) is 16.1. The van der Waals surface area contributed by atoms with E-state index >= 15 is 0 Å². The van der Waals surface area contributed by atoms with Gasteiger partial charge in [0.15, 0.2) is 34.9 Å². The Labute approximate surface area is 301 Å². The van der Waals surface area contributed by atoms with E-state index in [0.717, 1.165) is 25.0 Å². The van der Waals surface area contributed by atoms with Crippen molar-refractivity contribution in [2.45, 2.75) is 63.8 Å². The number of hydrogen-bond acceptors (Lipinski definition) is 7. The van der Waals surface area contributed by atoms with Gasteiger partial charge in [0.25, 0.3) is 0 Å². The number of fused-ring (bicyclic) bond motifs is 2. The van der Waals surface area contributed by atoms with E-state index in [2.05, 4.69) is 25.7 Å². The Balaban J connectivity index is 1.31. The molecule has 0 radical (unpaired) electrons. The van der Waals surface area contributed by atoms with Crippen LogP contribution in [0.1, 0.15) is 40.8 Å². The van der Waals surface area contributed by atoms with Crippen molar-refractivity contribution in [2.75, 3.05) is 13.1 Å². The van der Waals surface area contributed by atoms with Crippen molar-refractivity contribution < 1.29 is 62.3 Å². The van der Waals surface area contributed by atoms with Gasteiger partial charge < -0.3 is 24.3 Å². The lowest BCUT2D eigenvalue weighted by Gasteiger charge is -2.31. The molecule has 2 amide bonds. The van der Waals surface area contributed by atoms with E-state index < -0.39 is 127 Å². The molecule has 23 heteroatoms. The molecule has 2 aliphatic heterocycles. The van der Waals surface area contributed by atoms with Crippen LogP contribution in [-0.2, 0) is 61.0 Å². The standard InChI is InChI=1S/C32H25F12N9O2/c33-19-11-23(37)21(35)7-15(19)5-17(9-27(54)50-1-3-52-25(13-50)46-48-29(52)31(39,40)41)45-18(6-16-8-22(36)24(38)12-20(16)34)10-28(55)51-2-4-53-26(14-51)47-49-30(53)32(42,43)44/h7-9,11-12,18,45H,1-6,10,13-14H2/b17-9+/t18-/m1/s1. The number of carbonyl (C=O) groups excluding carboxylic acids is 2. The van der Waals surface area contributed by atoms with Crippen molar-refractivity contribution in [1.82, 2.24) is 44.6 Å². The van der Waals surface area contributed by atoms with Crippen molar-refractivity contribution in [3.63, 3.8) is 0 Å². The van der Waals surface area contributed by atoms with Crippen molar-refractivity contribution in [1.29, 1.82) is 0 Å². The molecule has 4 heterocycles. The first kappa shape index (κ1) is 39.1. The van der Waals surface area contributed by atoms with Crippen molar-refractivity contribution in [3.8, 4) is 0 Å². The molecule has 294 valence electrons. The Morgan fingerprint density at radius 1 is 0.655 bits per heavy atom. The second-order valence-electron chi connectivity index (χ2n) is 12.6. The second-order valence-corrected chi connectivity index (χ2v) is 12.6. The van der Waals surface area contributed by atoms with Crippen LogP contribution in [0, 0.1) is 34.9 Å². The highest BCUT2D eigenvalue weighted by atomic mass is 19.4. The number of rotatable bonds is 9. The molecule has 0 fully saturated rings. The van der Waals surface area contributed by atoms with Crippen molar-refractivity contribution >= 4 is 11.8 Å². The lowest BCUT2D eigenvalue weighted by molar-refractivity contribution is -0.149. The molecule has 0 unspecified atom stereocenters. The van der Waals surface area contributed by atoms with Crippen LogP contribution in [0.3, 0.4) is 0 Å². The zero-order valence-corrected chi connectivity index (χ0v) is 27.8. The van der Waals surface area contributed by atoms with Crippen molar-refractivity contribution in [2.24, 2.45) is 0 Å². The van der Waals surface area contributed by atoms with Gasteiger partial charge in [-0.3, -0.25) is 9.59 Å². The van der Waals surface area contributed by atoms with Gasteiger partial charge in [-0.1, -0.05) is 0 Å². The van der Waals surface area contributed by atoms with Crippen LogP contribution in [0.15, 0.2) is 36.0 Å². The summed E-state index contributed by atoms with van der Waals surface area (Å²) in [5.74, 6) is -13.3. The number of carbonyl (C=O) groups is 2. The summed E-state index contributed by atoms with van der Waals surface area (Å²) in [6, 6.07) is 0.0328. The predicted octanol–water partition coefficient (Wildman–Crippen LogP) is 4.84. The topological polar surface area (TPSA) is 114 Å². The van der Waals surface area contributed by atoms with Crippen LogP contribution in [0.4, 0.5) is 52.7 Å². The minimum Gasteiger partial charge on any atom is -0.384 e. The second kappa shape index (κ2) is 14.9. The summed E-state index contributed by atoms with van der Waals surface area (Å²) in [7, 11) is 0. The number of nitrogens with one attached hydrogen (secondary N) is 1. The molecule has 2 aromatic heterocycles. The van der Waals surface area contributed by atoms with E-state index in [1.807, 2.05) is 0 Å². The first-order chi connectivity index (χ1) is 25.8. The molecule has 1 atom stereocenters. The number of benzene rings is 2. The smallest absolute Gasteiger partial charge is 0.384 e.